The molecule has 1 saturated heterocycles. The van der Waals surface area contributed by atoms with Crippen molar-refractivity contribution in [2.75, 3.05) is 51.8 Å². The summed E-state index contributed by atoms with van der Waals surface area (Å²) in [4.78, 5) is 16.2. The molecular weight excluding hydrogens is 254 g/mol. The summed E-state index contributed by atoms with van der Waals surface area (Å²) < 4.78 is 5.65. The lowest BCUT2D eigenvalue weighted by Gasteiger charge is -2.33. The number of anilines is 1. The van der Waals surface area contributed by atoms with Crippen LogP contribution in [-0.2, 0) is 9.53 Å². The highest BCUT2D eigenvalue weighted by atomic mass is 16.5. The predicted molar refractivity (Wildman–Crippen MR) is 80.0 cm³/mol. The van der Waals surface area contributed by atoms with Gasteiger partial charge in [0.25, 0.3) is 0 Å². The predicted octanol–water partition coefficient (Wildman–Crippen LogP) is 0.570. The van der Waals surface area contributed by atoms with Gasteiger partial charge in [-0.25, -0.2) is 0 Å². The molecule has 1 heterocycles. The number of morpholine rings is 1. The topological polar surface area (TPSA) is 44.8 Å². The third-order valence-electron chi connectivity index (χ3n) is 3.53. The lowest BCUT2D eigenvalue weighted by molar-refractivity contribution is -0.121. The van der Waals surface area contributed by atoms with E-state index < -0.39 is 0 Å². The molecule has 1 aromatic carbocycles. The first-order chi connectivity index (χ1) is 9.70. The number of carbonyl (C=O) groups excluding carboxylic acids is 1. The highest BCUT2D eigenvalue weighted by molar-refractivity contribution is 5.94. The molecule has 1 aliphatic heterocycles. The quantitative estimate of drug-likeness (QED) is 0.854. The minimum Gasteiger partial charge on any atom is -0.374 e. The third kappa shape index (κ3) is 4.03. The summed E-state index contributed by atoms with van der Waals surface area (Å²) in [6.45, 7) is 3.56. The number of benzene rings is 1. The number of nitrogens with zero attached hydrogens (tertiary/aromatic N) is 2. The number of para-hydroxylation sites is 1. The summed E-state index contributed by atoms with van der Waals surface area (Å²) in [6, 6.07) is 9.72. The minimum atomic E-state index is 0.112. The zero-order chi connectivity index (χ0) is 14.4. The maximum Gasteiger partial charge on any atom is 0.240 e. The number of rotatable bonds is 5. The molecule has 0 radical (unpaired) electrons. The molecule has 1 N–H and O–H groups in total. The summed E-state index contributed by atoms with van der Waals surface area (Å²) >= 11 is 0. The Morgan fingerprint density at radius 2 is 2.20 bits per heavy atom. The number of carbonyl (C=O) groups is 1. The highest BCUT2D eigenvalue weighted by Gasteiger charge is 2.23. The second kappa shape index (κ2) is 7.38. The van der Waals surface area contributed by atoms with Gasteiger partial charge in [-0.05, 0) is 19.2 Å². The van der Waals surface area contributed by atoms with Crippen molar-refractivity contribution in [1.82, 2.24) is 10.2 Å². The molecule has 1 aliphatic rings. The summed E-state index contributed by atoms with van der Waals surface area (Å²) in [6.07, 6.45) is 0.170. The van der Waals surface area contributed by atoms with Crippen molar-refractivity contribution in [3.05, 3.63) is 30.3 Å². The molecular formula is C15H23N3O2. The number of amides is 1. The fraction of sp³-hybridized carbons (Fsp3) is 0.533. The summed E-state index contributed by atoms with van der Waals surface area (Å²) in [5, 5.41) is 3.11. The fourth-order valence-corrected chi connectivity index (χ4v) is 2.37. The molecule has 110 valence electrons. The molecule has 5 heteroatoms. The van der Waals surface area contributed by atoms with Crippen LogP contribution in [0.3, 0.4) is 0 Å². The summed E-state index contributed by atoms with van der Waals surface area (Å²) in [5.74, 6) is 0.112. The molecule has 2 rings (SSSR count). The first-order valence-corrected chi connectivity index (χ1v) is 7.01. The second-order valence-corrected chi connectivity index (χ2v) is 5.07. The standard InChI is InChI=1S/C15H23N3O2/c1-16-10-14-11-18(8-9-20-14)12-15(19)17(2)13-6-4-3-5-7-13/h3-7,14,16H,8-12H2,1-2H3. The Hall–Kier alpha value is -1.43. The van der Waals surface area contributed by atoms with E-state index in [2.05, 4.69) is 10.2 Å². The van der Waals surface area contributed by atoms with E-state index in [0.717, 1.165) is 25.3 Å². The highest BCUT2D eigenvalue weighted by Crippen LogP contribution is 2.12. The molecule has 1 atom stereocenters. The molecule has 1 fully saturated rings. The number of likely N-dealkylation sites (N-methyl/N-ethyl adjacent to an activating group) is 2. The Kier molecular flexibility index (Phi) is 5.52. The van der Waals surface area contributed by atoms with E-state index in [1.165, 1.54) is 0 Å². The minimum absolute atomic E-state index is 0.112. The Labute approximate surface area is 120 Å². The molecule has 0 bridgehead atoms. The van der Waals surface area contributed by atoms with Gasteiger partial charge in [-0.1, -0.05) is 18.2 Å². The molecule has 1 aromatic rings. The van der Waals surface area contributed by atoms with E-state index in [1.54, 1.807) is 4.90 Å². The van der Waals surface area contributed by atoms with Crippen molar-refractivity contribution in [3.63, 3.8) is 0 Å². The van der Waals surface area contributed by atoms with Crippen LogP contribution >= 0.6 is 0 Å². The molecule has 0 saturated carbocycles. The Bertz CT molecular complexity index is 422. The van der Waals surface area contributed by atoms with Gasteiger partial charge in [0.05, 0.1) is 19.3 Å². The van der Waals surface area contributed by atoms with Crippen molar-refractivity contribution in [3.8, 4) is 0 Å². The van der Waals surface area contributed by atoms with Gasteiger partial charge in [0.2, 0.25) is 5.91 Å². The first kappa shape index (κ1) is 15.0. The molecule has 20 heavy (non-hydrogen) atoms. The Morgan fingerprint density at radius 3 is 2.90 bits per heavy atom. The van der Waals surface area contributed by atoms with Gasteiger partial charge >= 0.3 is 0 Å². The SMILES string of the molecule is CNCC1CN(CC(=O)N(C)c2ccccc2)CCO1. The van der Waals surface area contributed by atoms with Gasteiger partial charge in [0.15, 0.2) is 0 Å². The van der Waals surface area contributed by atoms with E-state index in [9.17, 15) is 4.79 Å². The van der Waals surface area contributed by atoms with Crippen LogP contribution in [-0.4, -0.2) is 63.8 Å². The van der Waals surface area contributed by atoms with E-state index in [-0.39, 0.29) is 12.0 Å². The van der Waals surface area contributed by atoms with E-state index in [0.29, 0.717) is 13.2 Å². The molecule has 0 spiro atoms. The zero-order valence-electron chi connectivity index (χ0n) is 12.2. The van der Waals surface area contributed by atoms with Crippen LogP contribution in [0, 0.1) is 0 Å². The number of hydrogen-bond donors (Lipinski definition) is 1. The van der Waals surface area contributed by atoms with Crippen molar-refractivity contribution >= 4 is 11.6 Å². The van der Waals surface area contributed by atoms with E-state index >= 15 is 0 Å². The van der Waals surface area contributed by atoms with Crippen LogP contribution in [0.25, 0.3) is 0 Å². The van der Waals surface area contributed by atoms with Crippen molar-refractivity contribution in [1.29, 1.82) is 0 Å². The summed E-state index contributed by atoms with van der Waals surface area (Å²) in [7, 11) is 3.74. The van der Waals surface area contributed by atoms with Crippen molar-refractivity contribution in [2.24, 2.45) is 0 Å². The maximum atomic E-state index is 12.3. The normalized spacial score (nSPS) is 19.8. The molecule has 5 nitrogen and oxygen atoms in total. The maximum absolute atomic E-state index is 12.3. The Balaban J connectivity index is 1.87. The smallest absolute Gasteiger partial charge is 0.240 e. The lowest BCUT2D eigenvalue weighted by Crippen LogP contribution is -2.49. The van der Waals surface area contributed by atoms with Gasteiger partial charge in [-0.3, -0.25) is 9.69 Å². The number of ether oxygens (including phenoxy) is 1. The fourth-order valence-electron chi connectivity index (χ4n) is 2.37. The second-order valence-electron chi connectivity index (χ2n) is 5.07. The van der Waals surface area contributed by atoms with Gasteiger partial charge < -0.3 is 15.0 Å². The molecule has 1 unspecified atom stereocenters. The van der Waals surface area contributed by atoms with E-state index in [1.807, 2.05) is 44.4 Å². The van der Waals surface area contributed by atoms with Crippen LogP contribution in [0.2, 0.25) is 0 Å². The first-order valence-electron chi connectivity index (χ1n) is 7.01. The van der Waals surface area contributed by atoms with Gasteiger partial charge in [0, 0.05) is 32.4 Å². The van der Waals surface area contributed by atoms with Crippen LogP contribution in [0.1, 0.15) is 0 Å². The average Bonchev–Trinajstić information content (AvgIpc) is 2.48. The molecule has 0 aliphatic carbocycles. The van der Waals surface area contributed by atoms with E-state index in [4.69, 9.17) is 4.74 Å². The zero-order valence-corrected chi connectivity index (χ0v) is 12.2. The molecule has 1 amide bonds. The average molecular weight is 277 g/mol. The largest absolute Gasteiger partial charge is 0.374 e. The van der Waals surface area contributed by atoms with Crippen LogP contribution in [0.5, 0.6) is 0 Å². The van der Waals surface area contributed by atoms with Crippen molar-refractivity contribution < 1.29 is 9.53 Å². The van der Waals surface area contributed by atoms with Crippen molar-refractivity contribution in [2.45, 2.75) is 6.10 Å². The van der Waals surface area contributed by atoms with Gasteiger partial charge in [-0.2, -0.15) is 0 Å². The molecule has 0 aromatic heterocycles. The van der Waals surface area contributed by atoms with Crippen LogP contribution in [0.4, 0.5) is 5.69 Å². The number of nitrogens with one attached hydrogen (secondary N) is 1. The monoisotopic (exact) mass is 277 g/mol. The van der Waals surface area contributed by atoms with Crippen LogP contribution < -0.4 is 10.2 Å². The summed E-state index contributed by atoms with van der Waals surface area (Å²) in [5.41, 5.74) is 0.928. The van der Waals surface area contributed by atoms with Crippen LogP contribution in [0.15, 0.2) is 30.3 Å². The lowest BCUT2D eigenvalue weighted by atomic mass is 10.2. The Morgan fingerprint density at radius 1 is 1.45 bits per heavy atom. The third-order valence-corrected chi connectivity index (χ3v) is 3.53. The van der Waals surface area contributed by atoms with Gasteiger partial charge in [0.1, 0.15) is 0 Å². The number of hydrogen-bond acceptors (Lipinski definition) is 4. The van der Waals surface area contributed by atoms with Gasteiger partial charge in [-0.15, -0.1) is 0 Å².